The van der Waals surface area contributed by atoms with Crippen LogP contribution in [0.3, 0.4) is 0 Å². The van der Waals surface area contributed by atoms with Crippen molar-refractivity contribution in [3.8, 4) is 17.1 Å². The summed E-state index contributed by atoms with van der Waals surface area (Å²) in [6.45, 7) is 8.33. The van der Waals surface area contributed by atoms with Crippen molar-refractivity contribution in [1.82, 2.24) is 20.4 Å². The summed E-state index contributed by atoms with van der Waals surface area (Å²) in [6, 6.07) is 14.0. The second-order valence-electron chi connectivity index (χ2n) is 10.3. The Morgan fingerprint density at radius 1 is 1.26 bits per heavy atom. The number of fused-ring (bicyclic) bond motifs is 1. The van der Waals surface area contributed by atoms with Crippen LogP contribution in [0, 0.1) is 12.8 Å². The van der Waals surface area contributed by atoms with Gasteiger partial charge in [-0.3, -0.25) is 9.69 Å². The first kappa shape index (κ1) is 24.0. The number of likely N-dealkylation sites (tertiary alicyclic amines) is 1. The molecule has 1 saturated heterocycles. The number of carbonyl (C=O) groups excluding carboxylic acids is 1. The Hall–Kier alpha value is -2.71. The fourth-order valence-electron chi connectivity index (χ4n) is 5.05. The first-order chi connectivity index (χ1) is 16.8. The SMILES string of the molecule is Cc1ccc2c(c1)OC(C)(C)CC2NC(=O)C1CCCN(Cc2nc(-c3cccc(Br)c3)no2)C1. The van der Waals surface area contributed by atoms with Gasteiger partial charge in [-0.15, -0.1) is 0 Å². The minimum Gasteiger partial charge on any atom is -0.487 e. The number of hydrogen-bond donors (Lipinski definition) is 1. The highest BCUT2D eigenvalue weighted by atomic mass is 79.9. The molecule has 1 fully saturated rings. The molecular weight excluding hydrogens is 508 g/mol. The Bertz CT molecular complexity index is 1220. The van der Waals surface area contributed by atoms with Crippen LogP contribution in [0.1, 0.15) is 56.2 Å². The number of benzene rings is 2. The third kappa shape index (κ3) is 5.59. The number of nitrogens with one attached hydrogen (secondary N) is 1. The Balaban J connectivity index is 1.23. The van der Waals surface area contributed by atoms with Gasteiger partial charge in [-0.1, -0.05) is 45.4 Å². The van der Waals surface area contributed by atoms with Crippen LogP contribution in [0.2, 0.25) is 0 Å². The summed E-state index contributed by atoms with van der Waals surface area (Å²) >= 11 is 3.48. The fraction of sp³-hybridized carbons (Fsp3) is 0.444. The quantitative estimate of drug-likeness (QED) is 0.465. The van der Waals surface area contributed by atoms with E-state index in [0.717, 1.165) is 52.7 Å². The van der Waals surface area contributed by atoms with Crippen LogP contribution in [0.5, 0.6) is 5.75 Å². The molecule has 7 nitrogen and oxygen atoms in total. The number of piperidine rings is 1. The number of halogens is 1. The Kier molecular flexibility index (Phi) is 6.68. The molecule has 2 aliphatic rings. The third-order valence-corrected chi connectivity index (χ3v) is 7.22. The summed E-state index contributed by atoms with van der Waals surface area (Å²) in [5.41, 5.74) is 2.78. The zero-order chi connectivity index (χ0) is 24.6. The molecule has 2 atom stereocenters. The van der Waals surface area contributed by atoms with Gasteiger partial charge in [0.25, 0.3) is 0 Å². The van der Waals surface area contributed by atoms with E-state index in [9.17, 15) is 4.79 Å². The molecule has 5 rings (SSSR count). The molecule has 2 aliphatic heterocycles. The van der Waals surface area contributed by atoms with Crippen molar-refractivity contribution in [3.05, 3.63) is 64.0 Å². The van der Waals surface area contributed by atoms with Gasteiger partial charge in [-0.25, -0.2) is 0 Å². The van der Waals surface area contributed by atoms with Crippen LogP contribution in [0.25, 0.3) is 11.4 Å². The van der Waals surface area contributed by atoms with E-state index < -0.39 is 0 Å². The minimum atomic E-state index is -0.332. The second kappa shape index (κ2) is 9.74. The molecular formula is C27H31BrN4O3. The molecule has 1 aromatic heterocycles. The van der Waals surface area contributed by atoms with Crippen LogP contribution in [-0.2, 0) is 11.3 Å². The van der Waals surface area contributed by atoms with Gasteiger partial charge < -0.3 is 14.6 Å². The second-order valence-corrected chi connectivity index (χ2v) is 11.2. The van der Waals surface area contributed by atoms with Crippen LogP contribution >= 0.6 is 15.9 Å². The average molecular weight is 539 g/mol. The van der Waals surface area contributed by atoms with Crippen molar-refractivity contribution in [3.63, 3.8) is 0 Å². The molecule has 2 unspecified atom stereocenters. The van der Waals surface area contributed by atoms with Crippen molar-refractivity contribution >= 4 is 21.8 Å². The topological polar surface area (TPSA) is 80.5 Å². The van der Waals surface area contributed by atoms with E-state index in [0.29, 0.717) is 24.8 Å². The zero-order valence-corrected chi connectivity index (χ0v) is 22.0. The summed E-state index contributed by atoms with van der Waals surface area (Å²) in [5.74, 6) is 2.04. The van der Waals surface area contributed by atoms with E-state index in [-0.39, 0.29) is 23.5 Å². The van der Waals surface area contributed by atoms with Gasteiger partial charge in [0.1, 0.15) is 11.4 Å². The van der Waals surface area contributed by atoms with Gasteiger partial charge in [-0.05, 0) is 63.9 Å². The maximum absolute atomic E-state index is 13.3. The predicted octanol–water partition coefficient (Wildman–Crippen LogP) is 5.44. The first-order valence-corrected chi connectivity index (χ1v) is 13.0. The van der Waals surface area contributed by atoms with Crippen LogP contribution < -0.4 is 10.1 Å². The fourth-order valence-corrected chi connectivity index (χ4v) is 5.44. The summed E-state index contributed by atoms with van der Waals surface area (Å²) in [7, 11) is 0. The van der Waals surface area contributed by atoms with Crippen molar-refractivity contribution in [1.29, 1.82) is 0 Å². The van der Waals surface area contributed by atoms with Crippen LogP contribution in [0.4, 0.5) is 0 Å². The number of amides is 1. The standard InChI is InChI=1S/C27H31BrN4O3/c1-17-9-10-21-22(14-27(2,3)34-23(21)12-17)29-26(33)19-7-5-11-32(15-19)16-24-30-25(31-35-24)18-6-4-8-20(28)13-18/h4,6,8-10,12-13,19,22H,5,7,11,14-16H2,1-3H3,(H,29,33). The molecule has 2 aromatic carbocycles. The molecule has 1 N–H and O–H groups in total. The summed E-state index contributed by atoms with van der Waals surface area (Å²) in [4.78, 5) is 20.1. The lowest BCUT2D eigenvalue weighted by molar-refractivity contribution is -0.128. The highest BCUT2D eigenvalue weighted by molar-refractivity contribution is 9.10. The van der Waals surface area contributed by atoms with Gasteiger partial charge in [0.05, 0.1) is 18.5 Å². The molecule has 0 radical (unpaired) electrons. The van der Waals surface area contributed by atoms with E-state index in [1.54, 1.807) is 0 Å². The molecule has 3 aromatic rings. The van der Waals surface area contributed by atoms with Gasteiger partial charge in [0.2, 0.25) is 17.6 Å². The largest absolute Gasteiger partial charge is 0.487 e. The summed E-state index contributed by atoms with van der Waals surface area (Å²) in [6.07, 6.45) is 2.58. The van der Waals surface area contributed by atoms with Crippen LogP contribution in [-0.4, -0.2) is 39.6 Å². The first-order valence-electron chi connectivity index (χ1n) is 12.2. The Morgan fingerprint density at radius 3 is 2.94 bits per heavy atom. The zero-order valence-electron chi connectivity index (χ0n) is 20.4. The molecule has 0 spiro atoms. The summed E-state index contributed by atoms with van der Waals surface area (Å²) in [5, 5.41) is 7.47. The summed E-state index contributed by atoms with van der Waals surface area (Å²) < 4.78 is 12.7. The smallest absolute Gasteiger partial charge is 0.241 e. The van der Waals surface area contributed by atoms with Gasteiger partial charge >= 0.3 is 0 Å². The lowest BCUT2D eigenvalue weighted by Crippen LogP contribution is -2.46. The van der Waals surface area contributed by atoms with E-state index in [2.05, 4.69) is 75.3 Å². The van der Waals surface area contributed by atoms with E-state index in [1.165, 1.54) is 0 Å². The number of nitrogens with zero attached hydrogens (tertiary/aromatic N) is 3. The Labute approximate surface area is 214 Å². The monoisotopic (exact) mass is 538 g/mol. The molecule has 0 saturated carbocycles. The average Bonchev–Trinajstić information content (AvgIpc) is 3.26. The van der Waals surface area contributed by atoms with Crippen molar-refractivity contribution < 1.29 is 14.1 Å². The van der Waals surface area contributed by atoms with Crippen LogP contribution in [0.15, 0.2) is 51.5 Å². The number of ether oxygens (including phenoxy) is 1. The van der Waals surface area contributed by atoms with E-state index in [4.69, 9.17) is 9.26 Å². The molecule has 1 amide bonds. The molecule has 8 heteroatoms. The highest BCUT2D eigenvalue weighted by Crippen LogP contribution is 2.40. The number of carbonyl (C=O) groups is 1. The molecule has 35 heavy (non-hydrogen) atoms. The van der Waals surface area contributed by atoms with Gasteiger partial charge in [0, 0.05) is 28.6 Å². The minimum absolute atomic E-state index is 0.0547. The highest BCUT2D eigenvalue weighted by Gasteiger charge is 2.36. The molecule has 184 valence electrons. The third-order valence-electron chi connectivity index (χ3n) is 6.73. The molecule has 0 aliphatic carbocycles. The Morgan fingerprint density at radius 2 is 2.11 bits per heavy atom. The van der Waals surface area contributed by atoms with Crippen molar-refractivity contribution in [2.24, 2.45) is 5.92 Å². The number of aryl methyl sites for hydroxylation is 1. The van der Waals surface area contributed by atoms with Gasteiger partial charge in [-0.2, -0.15) is 4.98 Å². The lowest BCUT2D eigenvalue weighted by Gasteiger charge is -2.39. The van der Waals surface area contributed by atoms with Crippen molar-refractivity contribution in [2.75, 3.05) is 13.1 Å². The molecule has 0 bridgehead atoms. The van der Waals surface area contributed by atoms with E-state index >= 15 is 0 Å². The molecule has 3 heterocycles. The normalized spacial score (nSPS) is 21.7. The number of hydrogen-bond acceptors (Lipinski definition) is 6. The van der Waals surface area contributed by atoms with Crippen molar-refractivity contribution in [2.45, 2.75) is 58.2 Å². The number of rotatable bonds is 5. The maximum Gasteiger partial charge on any atom is 0.241 e. The van der Waals surface area contributed by atoms with E-state index in [1.807, 2.05) is 24.3 Å². The van der Waals surface area contributed by atoms with Gasteiger partial charge in [0.15, 0.2) is 0 Å². The lowest BCUT2D eigenvalue weighted by atomic mass is 9.88. The maximum atomic E-state index is 13.3. The predicted molar refractivity (Wildman–Crippen MR) is 137 cm³/mol. The number of aromatic nitrogens is 2.